The van der Waals surface area contributed by atoms with Crippen molar-refractivity contribution in [1.29, 1.82) is 0 Å². The molecule has 3 rings (SSSR count). The first-order valence-electron chi connectivity index (χ1n) is 6.85. The van der Waals surface area contributed by atoms with Crippen LogP contribution in [-0.2, 0) is 6.54 Å². The third-order valence-electron chi connectivity index (χ3n) is 3.24. The average molecular weight is 313 g/mol. The molecule has 0 bridgehead atoms. The van der Waals surface area contributed by atoms with Crippen molar-refractivity contribution >= 4 is 11.7 Å². The minimum absolute atomic E-state index is 0.0624. The van der Waals surface area contributed by atoms with E-state index >= 15 is 0 Å². The molecule has 0 atom stereocenters. The molecule has 1 aromatic carbocycles. The van der Waals surface area contributed by atoms with Crippen LogP contribution in [0, 0.1) is 0 Å². The molecule has 8 heteroatoms. The van der Waals surface area contributed by atoms with Crippen LogP contribution in [-0.4, -0.2) is 28.0 Å². The van der Waals surface area contributed by atoms with Crippen LogP contribution in [0.1, 0.15) is 16.2 Å². The Morgan fingerprint density at radius 1 is 1.35 bits per heavy atom. The Bertz CT molecular complexity index is 793. The summed E-state index contributed by atoms with van der Waals surface area (Å²) in [5.74, 6) is 1.09. The predicted molar refractivity (Wildman–Crippen MR) is 82.2 cm³/mol. The number of amides is 1. The standard InChI is InChI=1S/C15H15N5O3/c1-22-11-6-4-10(5-7-11)20-14(16)13(18-19-20)15(21)17-9-12-3-2-8-23-12/h2-8H,9,16H2,1H3,(H,17,21). The van der Waals surface area contributed by atoms with E-state index < -0.39 is 5.91 Å². The van der Waals surface area contributed by atoms with Gasteiger partial charge >= 0.3 is 0 Å². The normalized spacial score (nSPS) is 10.5. The Kier molecular flexibility index (Phi) is 3.96. The minimum atomic E-state index is -0.418. The highest BCUT2D eigenvalue weighted by Gasteiger charge is 2.18. The highest BCUT2D eigenvalue weighted by molar-refractivity contribution is 5.96. The molecule has 0 aliphatic rings. The molecule has 0 radical (unpaired) electrons. The lowest BCUT2D eigenvalue weighted by Gasteiger charge is -2.05. The predicted octanol–water partition coefficient (Wildman–Crippen LogP) is 1.38. The van der Waals surface area contributed by atoms with Gasteiger partial charge in [0, 0.05) is 0 Å². The summed E-state index contributed by atoms with van der Waals surface area (Å²) in [7, 11) is 1.58. The van der Waals surface area contributed by atoms with Gasteiger partial charge in [0.05, 0.1) is 25.6 Å². The Labute approximate surface area is 131 Å². The Morgan fingerprint density at radius 2 is 2.13 bits per heavy atom. The van der Waals surface area contributed by atoms with Crippen molar-refractivity contribution in [2.75, 3.05) is 12.8 Å². The molecule has 2 heterocycles. The van der Waals surface area contributed by atoms with Crippen molar-refractivity contribution < 1.29 is 13.9 Å². The second-order valence-corrected chi connectivity index (χ2v) is 4.70. The molecule has 0 unspecified atom stereocenters. The summed E-state index contributed by atoms with van der Waals surface area (Å²) in [6, 6.07) is 10.6. The quantitative estimate of drug-likeness (QED) is 0.736. The SMILES string of the molecule is COc1ccc(-n2nnc(C(=O)NCc3ccco3)c2N)cc1. The molecular weight excluding hydrogens is 298 g/mol. The van der Waals surface area contributed by atoms with Crippen LogP contribution < -0.4 is 15.8 Å². The van der Waals surface area contributed by atoms with Crippen LogP contribution >= 0.6 is 0 Å². The fourth-order valence-electron chi connectivity index (χ4n) is 2.03. The van der Waals surface area contributed by atoms with Crippen molar-refractivity contribution in [1.82, 2.24) is 20.3 Å². The van der Waals surface area contributed by atoms with Gasteiger partial charge in [0.15, 0.2) is 11.5 Å². The van der Waals surface area contributed by atoms with Crippen LogP contribution in [0.25, 0.3) is 5.69 Å². The lowest BCUT2D eigenvalue weighted by molar-refractivity contribution is 0.0944. The zero-order valence-corrected chi connectivity index (χ0v) is 12.4. The molecule has 0 aliphatic heterocycles. The zero-order valence-electron chi connectivity index (χ0n) is 12.4. The van der Waals surface area contributed by atoms with Crippen molar-refractivity contribution in [3.05, 3.63) is 54.1 Å². The van der Waals surface area contributed by atoms with E-state index in [1.165, 1.54) is 10.9 Å². The van der Waals surface area contributed by atoms with E-state index in [1.54, 1.807) is 43.5 Å². The zero-order chi connectivity index (χ0) is 16.2. The molecule has 23 heavy (non-hydrogen) atoms. The first-order chi connectivity index (χ1) is 11.2. The summed E-state index contributed by atoms with van der Waals surface area (Å²) in [6.45, 7) is 0.251. The lowest BCUT2D eigenvalue weighted by Crippen LogP contribution is -2.24. The molecule has 0 aliphatic carbocycles. The second kappa shape index (κ2) is 6.22. The number of nitrogens with one attached hydrogen (secondary N) is 1. The largest absolute Gasteiger partial charge is 0.497 e. The van der Waals surface area contributed by atoms with Crippen LogP contribution in [0.2, 0.25) is 0 Å². The van der Waals surface area contributed by atoms with Gasteiger partial charge in [-0.05, 0) is 36.4 Å². The van der Waals surface area contributed by atoms with Crippen LogP contribution in [0.15, 0.2) is 47.1 Å². The van der Waals surface area contributed by atoms with E-state index in [1.807, 2.05) is 0 Å². The summed E-state index contributed by atoms with van der Waals surface area (Å²) in [5, 5.41) is 10.4. The fraction of sp³-hybridized carbons (Fsp3) is 0.133. The molecule has 0 fully saturated rings. The maximum absolute atomic E-state index is 12.1. The number of carbonyl (C=O) groups is 1. The smallest absolute Gasteiger partial charge is 0.276 e. The summed E-state index contributed by atoms with van der Waals surface area (Å²) in [4.78, 5) is 12.1. The number of hydrogen-bond acceptors (Lipinski definition) is 6. The van der Waals surface area contributed by atoms with Crippen molar-refractivity contribution in [2.45, 2.75) is 6.54 Å². The van der Waals surface area contributed by atoms with Gasteiger partial charge in [0.1, 0.15) is 11.5 Å². The highest BCUT2D eigenvalue weighted by Crippen LogP contribution is 2.18. The number of nitrogens with zero attached hydrogens (tertiary/aromatic N) is 3. The van der Waals surface area contributed by atoms with Crippen LogP contribution in [0.5, 0.6) is 5.75 Å². The maximum atomic E-state index is 12.1. The van der Waals surface area contributed by atoms with Gasteiger partial charge in [-0.25, -0.2) is 0 Å². The summed E-state index contributed by atoms with van der Waals surface area (Å²) in [6.07, 6.45) is 1.54. The Hall–Kier alpha value is -3.29. The van der Waals surface area contributed by atoms with Crippen molar-refractivity contribution in [3.8, 4) is 11.4 Å². The van der Waals surface area contributed by atoms with E-state index in [2.05, 4.69) is 15.6 Å². The first-order valence-corrected chi connectivity index (χ1v) is 6.85. The van der Waals surface area contributed by atoms with Crippen molar-refractivity contribution in [3.63, 3.8) is 0 Å². The number of methoxy groups -OCH3 is 1. The number of benzene rings is 1. The second-order valence-electron chi connectivity index (χ2n) is 4.70. The van der Waals surface area contributed by atoms with Gasteiger partial charge < -0.3 is 20.2 Å². The van der Waals surface area contributed by atoms with Gasteiger partial charge in [-0.2, -0.15) is 4.68 Å². The van der Waals surface area contributed by atoms with Crippen LogP contribution in [0.3, 0.4) is 0 Å². The van der Waals surface area contributed by atoms with Gasteiger partial charge in [-0.1, -0.05) is 5.21 Å². The van der Waals surface area contributed by atoms with E-state index in [0.29, 0.717) is 17.2 Å². The highest BCUT2D eigenvalue weighted by atomic mass is 16.5. The monoisotopic (exact) mass is 313 g/mol. The molecular formula is C15H15N5O3. The number of hydrogen-bond donors (Lipinski definition) is 2. The molecule has 0 spiro atoms. The summed E-state index contributed by atoms with van der Waals surface area (Å²) in [5.41, 5.74) is 6.72. The van der Waals surface area contributed by atoms with E-state index in [9.17, 15) is 4.79 Å². The molecule has 3 aromatic rings. The number of nitrogen functional groups attached to an aromatic ring is 1. The molecule has 3 N–H and O–H groups in total. The summed E-state index contributed by atoms with van der Waals surface area (Å²) >= 11 is 0. The molecule has 1 amide bonds. The van der Waals surface area contributed by atoms with Crippen molar-refractivity contribution in [2.24, 2.45) is 0 Å². The number of nitrogens with two attached hydrogens (primary N) is 1. The van der Waals surface area contributed by atoms with Gasteiger partial charge in [0.2, 0.25) is 0 Å². The third-order valence-corrected chi connectivity index (χ3v) is 3.24. The molecule has 2 aromatic heterocycles. The molecule has 118 valence electrons. The van der Waals surface area contributed by atoms with E-state index in [-0.39, 0.29) is 18.1 Å². The number of anilines is 1. The maximum Gasteiger partial charge on any atom is 0.276 e. The molecule has 0 saturated carbocycles. The van der Waals surface area contributed by atoms with E-state index in [0.717, 1.165) is 0 Å². The number of carbonyl (C=O) groups excluding carboxylic acids is 1. The van der Waals surface area contributed by atoms with Gasteiger partial charge in [-0.3, -0.25) is 4.79 Å². The first kappa shape index (κ1) is 14.6. The van der Waals surface area contributed by atoms with Gasteiger partial charge in [0.25, 0.3) is 5.91 Å². The lowest BCUT2D eigenvalue weighted by atomic mass is 10.3. The topological polar surface area (TPSA) is 108 Å². The number of furan rings is 1. The Morgan fingerprint density at radius 3 is 2.78 bits per heavy atom. The molecule has 8 nitrogen and oxygen atoms in total. The third kappa shape index (κ3) is 3.00. The number of ether oxygens (including phenoxy) is 1. The fourth-order valence-corrected chi connectivity index (χ4v) is 2.03. The summed E-state index contributed by atoms with van der Waals surface area (Å²) < 4.78 is 11.6. The van der Waals surface area contributed by atoms with Crippen LogP contribution in [0.4, 0.5) is 5.82 Å². The number of rotatable bonds is 5. The van der Waals surface area contributed by atoms with Gasteiger partial charge in [-0.15, -0.1) is 5.10 Å². The number of aromatic nitrogens is 3. The Balaban J connectivity index is 1.76. The molecule has 0 saturated heterocycles. The minimum Gasteiger partial charge on any atom is -0.497 e. The average Bonchev–Trinajstić information content (AvgIpc) is 3.22. The van der Waals surface area contributed by atoms with E-state index in [4.69, 9.17) is 14.9 Å².